The molecule has 0 saturated heterocycles. The molecule has 0 radical (unpaired) electrons. The van der Waals surface area contributed by atoms with Crippen LogP contribution in [0, 0.1) is 12.7 Å². The van der Waals surface area contributed by atoms with E-state index in [1.54, 1.807) is 11.3 Å². The van der Waals surface area contributed by atoms with Crippen LogP contribution in [0.15, 0.2) is 23.6 Å². The molecular weight excluding hydrogens is 267 g/mol. The summed E-state index contributed by atoms with van der Waals surface area (Å²) in [5.41, 5.74) is 1.09. The van der Waals surface area contributed by atoms with Crippen molar-refractivity contribution >= 4 is 23.0 Å². The number of hydrogen-bond donors (Lipinski definition) is 2. The molecule has 0 fully saturated rings. The van der Waals surface area contributed by atoms with Crippen molar-refractivity contribution in [1.29, 1.82) is 0 Å². The van der Waals surface area contributed by atoms with Crippen LogP contribution in [-0.4, -0.2) is 16.1 Å². The SMILES string of the molecule is Cc1nc(C(C)Nc2ccc(F)c(C(=O)O)c2)cs1. The van der Waals surface area contributed by atoms with Gasteiger partial charge in [-0.25, -0.2) is 14.2 Å². The third-order valence-corrected chi connectivity index (χ3v) is 3.45. The fourth-order valence-corrected chi connectivity index (χ4v) is 2.39. The van der Waals surface area contributed by atoms with Gasteiger partial charge in [0.25, 0.3) is 0 Å². The van der Waals surface area contributed by atoms with Crippen LogP contribution in [0.5, 0.6) is 0 Å². The van der Waals surface area contributed by atoms with Gasteiger partial charge in [-0.2, -0.15) is 0 Å². The van der Waals surface area contributed by atoms with E-state index < -0.39 is 11.8 Å². The molecule has 0 aliphatic carbocycles. The van der Waals surface area contributed by atoms with Crippen molar-refractivity contribution in [2.75, 3.05) is 5.32 Å². The first-order valence-corrected chi connectivity index (χ1v) is 6.56. The number of nitrogens with zero attached hydrogens (tertiary/aromatic N) is 1. The zero-order valence-electron chi connectivity index (χ0n) is 10.5. The number of halogens is 1. The number of benzene rings is 1. The number of thiazole rings is 1. The summed E-state index contributed by atoms with van der Waals surface area (Å²) >= 11 is 1.55. The third-order valence-electron chi connectivity index (χ3n) is 2.66. The number of anilines is 1. The molecule has 0 bridgehead atoms. The third kappa shape index (κ3) is 3.08. The Kier molecular flexibility index (Phi) is 3.80. The van der Waals surface area contributed by atoms with Gasteiger partial charge in [-0.3, -0.25) is 0 Å². The minimum atomic E-state index is -1.28. The summed E-state index contributed by atoms with van der Waals surface area (Å²) in [5.74, 6) is -2.02. The smallest absolute Gasteiger partial charge is 0.338 e. The van der Waals surface area contributed by atoms with Crippen molar-refractivity contribution in [1.82, 2.24) is 4.98 Å². The lowest BCUT2D eigenvalue weighted by Gasteiger charge is -2.13. The number of aromatic nitrogens is 1. The average Bonchev–Trinajstić information content (AvgIpc) is 2.78. The lowest BCUT2D eigenvalue weighted by Crippen LogP contribution is -2.09. The second-order valence-corrected chi connectivity index (χ2v) is 5.22. The van der Waals surface area contributed by atoms with E-state index in [0.29, 0.717) is 5.69 Å². The van der Waals surface area contributed by atoms with E-state index in [0.717, 1.165) is 16.8 Å². The van der Waals surface area contributed by atoms with E-state index in [-0.39, 0.29) is 11.6 Å². The predicted octanol–water partition coefficient (Wildman–Crippen LogP) is 3.46. The molecule has 1 atom stereocenters. The van der Waals surface area contributed by atoms with E-state index >= 15 is 0 Å². The predicted molar refractivity (Wildman–Crippen MR) is 72.2 cm³/mol. The Bertz CT molecular complexity index is 612. The number of carboxylic acid groups (broad SMARTS) is 1. The minimum absolute atomic E-state index is 0.0722. The van der Waals surface area contributed by atoms with Gasteiger partial charge in [-0.15, -0.1) is 11.3 Å². The highest BCUT2D eigenvalue weighted by atomic mass is 32.1. The fraction of sp³-hybridized carbons (Fsp3) is 0.231. The average molecular weight is 280 g/mol. The fourth-order valence-electron chi connectivity index (χ4n) is 1.68. The normalized spacial score (nSPS) is 12.2. The first kappa shape index (κ1) is 13.5. The van der Waals surface area contributed by atoms with E-state index in [1.165, 1.54) is 12.1 Å². The summed E-state index contributed by atoms with van der Waals surface area (Å²) in [6, 6.07) is 3.87. The molecular formula is C13H13FN2O2S. The number of aromatic carboxylic acids is 1. The van der Waals surface area contributed by atoms with Crippen LogP contribution < -0.4 is 5.32 Å². The van der Waals surface area contributed by atoms with Gasteiger partial charge in [0.15, 0.2) is 0 Å². The van der Waals surface area contributed by atoms with Crippen molar-refractivity contribution in [3.8, 4) is 0 Å². The maximum Gasteiger partial charge on any atom is 0.338 e. The number of aryl methyl sites for hydroxylation is 1. The van der Waals surface area contributed by atoms with Crippen LogP contribution in [0.3, 0.4) is 0 Å². The Hall–Kier alpha value is -1.95. The molecule has 2 aromatic rings. The molecule has 1 aromatic heterocycles. The van der Waals surface area contributed by atoms with Crippen molar-refractivity contribution in [3.05, 3.63) is 45.7 Å². The molecule has 0 aliphatic heterocycles. The van der Waals surface area contributed by atoms with E-state index in [9.17, 15) is 9.18 Å². The van der Waals surface area contributed by atoms with Gasteiger partial charge >= 0.3 is 5.97 Å². The van der Waals surface area contributed by atoms with Gasteiger partial charge in [0, 0.05) is 11.1 Å². The number of rotatable bonds is 4. The van der Waals surface area contributed by atoms with Crippen LogP contribution in [-0.2, 0) is 0 Å². The van der Waals surface area contributed by atoms with Crippen LogP contribution >= 0.6 is 11.3 Å². The first-order chi connectivity index (χ1) is 8.97. The topological polar surface area (TPSA) is 62.2 Å². The zero-order chi connectivity index (χ0) is 14.0. The Morgan fingerprint density at radius 1 is 1.53 bits per heavy atom. The van der Waals surface area contributed by atoms with E-state index in [4.69, 9.17) is 5.11 Å². The molecule has 0 amide bonds. The molecule has 1 aromatic carbocycles. The summed E-state index contributed by atoms with van der Waals surface area (Å²) in [4.78, 5) is 15.2. The van der Waals surface area contributed by atoms with Gasteiger partial charge in [-0.05, 0) is 32.0 Å². The second-order valence-electron chi connectivity index (χ2n) is 4.16. The molecule has 4 nitrogen and oxygen atoms in total. The summed E-state index contributed by atoms with van der Waals surface area (Å²) in [5, 5.41) is 14.9. The molecule has 1 unspecified atom stereocenters. The molecule has 2 rings (SSSR count). The van der Waals surface area contributed by atoms with Crippen LogP contribution in [0.25, 0.3) is 0 Å². The van der Waals surface area contributed by atoms with Crippen molar-refractivity contribution in [3.63, 3.8) is 0 Å². The lowest BCUT2D eigenvalue weighted by atomic mass is 10.1. The van der Waals surface area contributed by atoms with Crippen LogP contribution in [0.1, 0.15) is 34.0 Å². The maximum atomic E-state index is 13.3. The van der Waals surface area contributed by atoms with E-state index in [2.05, 4.69) is 10.3 Å². The van der Waals surface area contributed by atoms with Gasteiger partial charge < -0.3 is 10.4 Å². The summed E-state index contributed by atoms with van der Waals surface area (Å²) < 4.78 is 13.3. The molecule has 0 saturated carbocycles. The Balaban J connectivity index is 2.19. The van der Waals surface area contributed by atoms with Crippen LogP contribution in [0.2, 0.25) is 0 Å². The molecule has 0 aliphatic rings. The highest BCUT2D eigenvalue weighted by Crippen LogP contribution is 2.22. The van der Waals surface area contributed by atoms with Gasteiger partial charge in [0.1, 0.15) is 5.82 Å². The highest BCUT2D eigenvalue weighted by molar-refractivity contribution is 7.09. The lowest BCUT2D eigenvalue weighted by molar-refractivity contribution is 0.0692. The summed E-state index contributed by atoms with van der Waals surface area (Å²) in [6.45, 7) is 3.83. The molecule has 2 N–H and O–H groups in total. The molecule has 0 spiro atoms. The van der Waals surface area contributed by atoms with Gasteiger partial charge in [-0.1, -0.05) is 0 Å². The number of hydrogen-bond acceptors (Lipinski definition) is 4. The molecule has 1 heterocycles. The van der Waals surface area contributed by atoms with Crippen LogP contribution in [0.4, 0.5) is 10.1 Å². The Morgan fingerprint density at radius 2 is 2.26 bits per heavy atom. The monoisotopic (exact) mass is 280 g/mol. The number of carbonyl (C=O) groups is 1. The zero-order valence-corrected chi connectivity index (χ0v) is 11.3. The van der Waals surface area contributed by atoms with Crippen molar-refractivity contribution < 1.29 is 14.3 Å². The summed E-state index contributed by atoms with van der Waals surface area (Å²) in [6.07, 6.45) is 0. The molecule has 19 heavy (non-hydrogen) atoms. The van der Waals surface area contributed by atoms with Crippen molar-refractivity contribution in [2.45, 2.75) is 19.9 Å². The Labute approximate surface area is 113 Å². The second kappa shape index (κ2) is 5.36. The first-order valence-electron chi connectivity index (χ1n) is 5.69. The highest BCUT2D eigenvalue weighted by Gasteiger charge is 2.13. The van der Waals surface area contributed by atoms with Crippen molar-refractivity contribution in [2.24, 2.45) is 0 Å². The summed E-state index contributed by atoms with van der Waals surface area (Å²) in [7, 11) is 0. The quantitative estimate of drug-likeness (QED) is 0.900. The largest absolute Gasteiger partial charge is 0.478 e. The number of carboxylic acids is 1. The Morgan fingerprint density at radius 3 is 2.84 bits per heavy atom. The number of nitrogens with one attached hydrogen (secondary N) is 1. The van der Waals surface area contributed by atoms with E-state index in [1.807, 2.05) is 19.2 Å². The molecule has 6 heteroatoms. The van der Waals surface area contributed by atoms with Gasteiger partial charge in [0.2, 0.25) is 0 Å². The molecule has 100 valence electrons. The standard InChI is InChI=1S/C13H13FN2O2S/c1-7(12-6-19-8(2)16-12)15-9-3-4-11(14)10(5-9)13(17)18/h3-7,15H,1-2H3,(H,17,18). The minimum Gasteiger partial charge on any atom is -0.478 e. The maximum absolute atomic E-state index is 13.3. The van der Waals surface area contributed by atoms with Gasteiger partial charge in [0.05, 0.1) is 22.3 Å².